The maximum atomic E-state index is 12.8. The first-order valence-electron chi connectivity index (χ1n) is 9.48. The largest absolute Gasteiger partial charge is 0.464 e. The van der Waals surface area contributed by atoms with Crippen LogP contribution in [0.1, 0.15) is 11.1 Å². The second-order valence-corrected chi connectivity index (χ2v) is 9.56. The summed E-state index contributed by atoms with van der Waals surface area (Å²) in [5, 5.41) is 5.87. The van der Waals surface area contributed by atoms with Crippen LogP contribution in [-0.2, 0) is 21.2 Å². The summed E-state index contributed by atoms with van der Waals surface area (Å²) in [6, 6.07) is 16.6. The second-order valence-electron chi connectivity index (χ2n) is 7.41. The molecule has 1 aromatic heterocycles. The maximum absolute atomic E-state index is 12.8. The Morgan fingerprint density at radius 3 is 2.60 bits per heavy atom. The van der Waals surface area contributed by atoms with E-state index in [0.717, 1.165) is 37.2 Å². The van der Waals surface area contributed by atoms with Gasteiger partial charge in [-0.05, 0) is 41.5 Å². The van der Waals surface area contributed by atoms with Gasteiger partial charge < -0.3 is 9.73 Å². The molecule has 1 amide bonds. The molecular formula is C23H22N2O4S. The van der Waals surface area contributed by atoms with Gasteiger partial charge in [-0.1, -0.05) is 36.4 Å². The van der Waals surface area contributed by atoms with Crippen molar-refractivity contribution in [1.82, 2.24) is 4.31 Å². The molecule has 0 aliphatic heterocycles. The number of hydrogen-bond donors (Lipinski definition) is 1. The number of fused-ring (bicyclic) bond motifs is 3. The number of furan rings is 1. The van der Waals surface area contributed by atoms with Crippen molar-refractivity contribution < 1.29 is 17.6 Å². The third kappa shape index (κ3) is 3.58. The van der Waals surface area contributed by atoms with E-state index in [2.05, 4.69) is 5.32 Å². The van der Waals surface area contributed by atoms with Gasteiger partial charge in [0.05, 0.1) is 17.6 Å². The summed E-state index contributed by atoms with van der Waals surface area (Å²) in [6.07, 6.45) is 1.72. The Labute approximate surface area is 175 Å². The zero-order valence-corrected chi connectivity index (χ0v) is 17.8. The molecule has 6 nitrogen and oxygen atoms in total. The number of aryl methyl sites for hydroxylation is 1. The highest BCUT2D eigenvalue weighted by Crippen LogP contribution is 2.30. The summed E-state index contributed by atoms with van der Waals surface area (Å²) in [4.78, 5) is 12.9. The molecule has 0 saturated carbocycles. The molecule has 0 bridgehead atoms. The Hall–Kier alpha value is -3.16. The number of carbonyl (C=O) groups excluding carboxylic acids is 1. The minimum atomic E-state index is -3.59. The number of rotatable bonds is 5. The summed E-state index contributed by atoms with van der Waals surface area (Å²) < 4.78 is 31.6. The SMILES string of the molecule is Cc1ccc(S(=O)(=O)N(C)C)cc1NC(=O)Cc1coc2ccc3ccccc3c12. The number of amides is 1. The maximum Gasteiger partial charge on any atom is 0.242 e. The van der Waals surface area contributed by atoms with Gasteiger partial charge in [-0.3, -0.25) is 4.79 Å². The van der Waals surface area contributed by atoms with Crippen LogP contribution in [0.15, 0.2) is 70.2 Å². The van der Waals surface area contributed by atoms with Gasteiger partial charge in [0, 0.05) is 30.7 Å². The summed E-state index contributed by atoms with van der Waals surface area (Å²) in [5.74, 6) is -0.242. The van der Waals surface area contributed by atoms with Crippen molar-refractivity contribution in [3.8, 4) is 0 Å². The molecule has 4 aromatic rings. The molecule has 0 radical (unpaired) electrons. The number of nitrogens with one attached hydrogen (secondary N) is 1. The van der Waals surface area contributed by atoms with Gasteiger partial charge >= 0.3 is 0 Å². The Balaban J connectivity index is 1.64. The van der Waals surface area contributed by atoms with Gasteiger partial charge in [-0.2, -0.15) is 0 Å². The van der Waals surface area contributed by atoms with E-state index in [-0.39, 0.29) is 17.2 Å². The van der Waals surface area contributed by atoms with E-state index in [0.29, 0.717) is 5.69 Å². The Morgan fingerprint density at radius 2 is 1.83 bits per heavy atom. The van der Waals surface area contributed by atoms with Crippen LogP contribution >= 0.6 is 0 Å². The molecule has 0 atom stereocenters. The highest BCUT2D eigenvalue weighted by molar-refractivity contribution is 7.89. The molecule has 4 rings (SSSR count). The highest BCUT2D eigenvalue weighted by Gasteiger charge is 2.19. The number of carbonyl (C=O) groups is 1. The van der Waals surface area contributed by atoms with E-state index in [4.69, 9.17) is 4.42 Å². The molecule has 1 heterocycles. The minimum absolute atomic E-state index is 0.116. The molecule has 0 fully saturated rings. The van der Waals surface area contributed by atoms with Crippen LogP contribution in [0.5, 0.6) is 0 Å². The fraction of sp³-hybridized carbons (Fsp3) is 0.174. The first-order valence-corrected chi connectivity index (χ1v) is 10.9. The van der Waals surface area contributed by atoms with Gasteiger partial charge in [0.25, 0.3) is 0 Å². The third-order valence-corrected chi connectivity index (χ3v) is 6.96. The van der Waals surface area contributed by atoms with E-state index >= 15 is 0 Å². The van der Waals surface area contributed by atoms with Crippen LogP contribution in [0.2, 0.25) is 0 Å². The second kappa shape index (κ2) is 7.59. The van der Waals surface area contributed by atoms with Gasteiger partial charge in [0.2, 0.25) is 15.9 Å². The van der Waals surface area contributed by atoms with Crippen LogP contribution in [-0.4, -0.2) is 32.7 Å². The van der Waals surface area contributed by atoms with E-state index in [1.165, 1.54) is 26.2 Å². The summed E-state index contributed by atoms with van der Waals surface area (Å²) in [6.45, 7) is 1.82. The summed E-state index contributed by atoms with van der Waals surface area (Å²) >= 11 is 0. The van der Waals surface area contributed by atoms with E-state index in [9.17, 15) is 13.2 Å². The number of anilines is 1. The van der Waals surface area contributed by atoms with Crippen LogP contribution in [0.3, 0.4) is 0 Å². The molecule has 0 spiro atoms. The smallest absolute Gasteiger partial charge is 0.242 e. The van der Waals surface area contributed by atoms with E-state index in [1.807, 2.05) is 43.3 Å². The van der Waals surface area contributed by atoms with Crippen molar-refractivity contribution in [2.45, 2.75) is 18.2 Å². The van der Waals surface area contributed by atoms with Crippen LogP contribution < -0.4 is 5.32 Å². The number of nitrogens with zero attached hydrogens (tertiary/aromatic N) is 1. The van der Waals surface area contributed by atoms with E-state index < -0.39 is 10.0 Å². The Kier molecular flexibility index (Phi) is 5.09. The molecule has 0 aliphatic carbocycles. The molecule has 0 unspecified atom stereocenters. The predicted molar refractivity (Wildman–Crippen MR) is 118 cm³/mol. The van der Waals surface area contributed by atoms with E-state index in [1.54, 1.807) is 12.3 Å². The molecule has 0 aliphatic rings. The Morgan fingerprint density at radius 1 is 1.07 bits per heavy atom. The van der Waals surface area contributed by atoms with Gasteiger partial charge in [0.1, 0.15) is 5.58 Å². The fourth-order valence-electron chi connectivity index (χ4n) is 3.48. The number of benzene rings is 3. The monoisotopic (exact) mass is 422 g/mol. The Bertz CT molecular complexity index is 1370. The van der Waals surface area contributed by atoms with Crippen molar-refractivity contribution in [3.63, 3.8) is 0 Å². The lowest BCUT2D eigenvalue weighted by molar-refractivity contribution is -0.115. The lowest BCUT2D eigenvalue weighted by Crippen LogP contribution is -2.22. The van der Waals surface area contributed by atoms with Crippen LogP contribution in [0.25, 0.3) is 21.7 Å². The van der Waals surface area contributed by atoms with Crippen molar-refractivity contribution >= 4 is 43.4 Å². The summed E-state index contributed by atoms with van der Waals surface area (Å²) in [5.41, 5.74) is 2.77. The van der Waals surface area contributed by atoms with Crippen LogP contribution in [0.4, 0.5) is 5.69 Å². The number of sulfonamides is 1. The quantitative estimate of drug-likeness (QED) is 0.519. The van der Waals surface area contributed by atoms with Gasteiger partial charge in [-0.15, -0.1) is 0 Å². The molecular weight excluding hydrogens is 400 g/mol. The van der Waals surface area contributed by atoms with Gasteiger partial charge in [-0.25, -0.2) is 12.7 Å². The lowest BCUT2D eigenvalue weighted by Gasteiger charge is -2.14. The van der Waals surface area contributed by atoms with Crippen molar-refractivity contribution in [2.75, 3.05) is 19.4 Å². The average Bonchev–Trinajstić information content (AvgIpc) is 3.12. The molecule has 154 valence electrons. The topological polar surface area (TPSA) is 79.6 Å². The first kappa shape index (κ1) is 20.1. The van der Waals surface area contributed by atoms with Crippen LogP contribution in [0, 0.1) is 6.92 Å². The standard InChI is InChI=1S/C23H22N2O4S/c1-15-8-10-18(30(27,28)25(2)3)13-20(15)24-22(26)12-17-14-29-21-11-9-16-6-4-5-7-19(16)23(17)21/h4-11,13-14H,12H2,1-3H3,(H,24,26). The zero-order chi connectivity index (χ0) is 21.5. The molecule has 30 heavy (non-hydrogen) atoms. The normalized spacial score (nSPS) is 12.0. The van der Waals surface area contributed by atoms with Crippen molar-refractivity contribution in [2.24, 2.45) is 0 Å². The first-order chi connectivity index (χ1) is 14.3. The fourth-order valence-corrected chi connectivity index (χ4v) is 4.41. The van der Waals surface area contributed by atoms with Crippen molar-refractivity contribution in [1.29, 1.82) is 0 Å². The lowest BCUT2D eigenvalue weighted by atomic mass is 10.0. The predicted octanol–water partition coefficient (Wildman–Crippen LogP) is 4.33. The van der Waals surface area contributed by atoms with Gasteiger partial charge in [0.15, 0.2) is 0 Å². The van der Waals surface area contributed by atoms with Crippen molar-refractivity contribution in [3.05, 3.63) is 72.0 Å². The number of hydrogen-bond acceptors (Lipinski definition) is 4. The third-order valence-electron chi connectivity index (χ3n) is 5.15. The average molecular weight is 423 g/mol. The molecule has 7 heteroatoms. The summed E-state index contributed by atoms with van der Waals surface area (Å²) in [7, 11) is -0.640. The highest BCUT2D eigenvalue weighted by atomic mass is 32.2. The zero-order valence-electron chi connectivity index (χ0n) is 17.0. The molecule has 0 saturated heterocycles. The molecule has 3 aromatic carbocycles. The molecule has 1 N–H and O–H groups in total. The minimum Gasteiger partial charge on any atom is -0.464 e.